The van der Waals surface area contributed by atoms with Gasteiger partial charge in [0.15, 0.2) is 0 Å². The molecule has 2 heterocycles. The Hall–Kier alpha value is -1.99. The summed E-state index contributed by atoms with van der Waals surface area (Å²) in [5.41, 5.74) is 1.31. The molecule has 1 saturated heterocycles. The smallest absolute Gasteiger partial charge is 0.303 e. The van der Waals surface area contributed by atoms with Gasteiger partial charge >= 0.3 is 6.18 Å². The van der Waals surface area contributed by atoms with Crippen LogP contribution in [-0.2, 0) is 19.1 Å². The van der Waals surface area contributed by atoms with E-state index in [0.29, 0.717) is 12.3 Å². The maximum atomic E-state index is 12.8. The second-order valence-electron chi connectivity index (χ2n) is 7.68. The third-order valence-electron chi connectivity index (χ3n) is 5.31. The van der Waals surface area contributed by atoms with Crippen LogP contribution < -0.4 is 0 Å². The van der Waals surface area contributed by atoms with Crippen molar-refractivity contribution in [3.63, 3.8) is 0 Å². The van der Waals surface area contributed by atoms with Crippen molar-refractivity contribution in [1.82, 2.24) is 19.8 Å². The van der Waals surface area contributed by atoms with Crippen LogP contribution in [0.5, 0.6) is 0 Å². The molecule has 0 spiro atoms. The molecule has 1 aromatic heterocycles. The molecule has 0 amide bonds. The molecule has 3 rings (SSSR count). The predicted octanol–water partition coefficient (Wildman–Crippen LogP) is 3.88. The molecule has 1 aliphatic heterocycles. The van der Waals surface area contributed by atoms with Gasteiger partial charge in [0.25, 0.3) is 0 Å². The Morgan fingerprint density at radius 2 is 1.82 bits per heavy atom. The molecule has 0 aliphatic carbocycles. The largest absolute Gasteiger partial charge is 0.416 e. The van der Waals surface area contributed by atoms with Gasteiger partial charge in [-0.15, -0.1) is 0 Å². The van der Waals surface area contributed by atoms with Crippen molar-refractivity contribution in [2.45, 2.75) is 32.0 Å². The quantitative estimate of drug-likeness (QED) is 0.716. The third kappa shape index (κ3) is 6.27. The maximum absolute atomic E-state index is 12.8. The first kappa shape index (κ1) is 20.7. The molecule has 0 N–H and O–H groups in total. The van der Waals surface area contributed by atoms with Gasteiger partial charge in [-0.1, -0.05) is 18.2 Å². The Morgan fingerprint density at radius 1 is 1.11 bits per heavy atom. The van der Waals surface area contributed by atoms with Crippen molar-refractivity contribution in [3.05, 3.63) is 59.7 Å². The fourth-order valence-electron chi connectivity index (χ4n) is 3.81. The zero-order chi connectivity index (χ0) is 20.0. The number of hydrogen-bond acceptors (Lipinski definition) is 4. The molecule has 0 bridgehead atoms. The van der Waals surface area contributed by atoms with Crippen molar-refractivity contribution in [1.29, 1.82) is 0 Å². The second-order valence-corrected chi connectivity index (χ2v) is 7.68. The standard InChI is InChI=1S/C21H27F3N4/c1-27(15-19-12-25-16-26-13-19)14-18-6-9-28(10-7-18)8-5-17-3-2-4-20(11-17)21(22,23)24/h2-4,11-13,16,18H,5-10,14-15H2,1H3. The van der Waals surface area contributed by atoms with Crippen LogP contribution in [0.25, 0.3) is 0 Å². The number of piperidine rings is 1. The van der Waals surface area contributed by atoms with Gasteiger partial charge < -0.3 is 9.80 Å². The lowest BCUT2D eigenvalue weighted by molar-refractivity contribution is -0.137. The molecule has 0 saturated carbocycles. The topological polar surface area (TPSA) is 32.3 Å². The van der Waals surface area contributed by atoms with Crippen molar-refractivity contribution >= 4 is 0 Å². The van der Waals surface area contributed by atoms with Crippen molar-refractivity contribution < 1.29 is 13.2 Å². The number of halogens is 3. The Balaban J connectivity index is 1.40. The first-order valence-corrected chi connectivity index (χ1v) is 9.71. The lowest BCUT2D eigenvalue weighted by Crippen LogP contribution is -2.38. The maximum Gasteiger partial charge on any atom is 0.416 e. The Morgan fingerprint density at radius 3 is 2.50 bits per heavy atom. The minimum Gasteiger partial charge on any atom is -0.303 e. The van der Waals surface area contributed by atoms with Crippen molar-refractivity contribution in [2.24, 2.45) is 5.92 Å². The second kappa shape index (κ2) is 9.47. The average molecular weight is 392 g/mol. The number of aromatic nitrogens is 2. The van der Waals surface area contributed by atoms with Gasteiger partial charge in [0, 0.05) is 37.6 Å². The summed E-state index contributed by atoms with van der Waals surface area (Å²) in [6, 6.07) is 5.68. The zero-order valence-corrected chi connectivity index (χ0v) is 16.2. The summed E-state index contributed by atoms with van der Waals surface area (Å²) >= 11 is 0. The highest BCUT2D eigenvalue weighted by Crippen LogP contribution is 2.29. The highest BCUT2D eigenvalue weighted by Gasteiger charge is 2.30. The molecule has 0 unspecified atom stereocenters. The fourth-order valence-corrected chi connectivity index (χ4v) is 3.81. The summed E-state index contributed by atoms with van der Waals surface area (Å²) in [5.74, 6) is 0.652. The van der Waals surface area contributed by atoms with Crippen LogP contribution in [0.4, 0.5) is 13.2 Å². The van der Waals surface area contributed by atoms with Crippen LogP contribution in [0, 0.1) is 5.92 Å². The molecule has 1 aromatic carbocycles. The molecule has 28 heavy (non-hydrogen) atoms. The first-order valence-electron chi connectivity index (χ1n) is 9.71. The highest BCUT2D eigenvalue weighted by molar-refractivity contribution is 5.25. The van der Waals surface area contributed by atoms with Gasteiger partial charge in [0.05, 0.1) is 5.56 Å². The minimum atomic E-state index is -4.27. The van der Waals surface area contributed by atoms with Gasteiger partial charge in [-0.2, -0.15) is 13.2 Å². The van der Waals surface area contributed by atoms with E-state index < -0.39 is 11.7 Å². The van der Waals surface area contributed by atoms with Gasteiger partial charge in [-0.25, -0.2) is 9.97 Å². The van der Waals surface area contributed by atoms with E-state index >= 15 is 0 Å². The molecule has 2 aromatic rings. The number of likely N-dealkylation sites (tertiary alicyclic amines) is 1. The van der Waals surface area contributed by atoms with Crippen LogP contribution in [0.2, 0.25) is 0 Å². The van der Waals surface area contributed by atoms with Gasteiger partial charge in [0.2, 0.25) is 0 Å². The van der Waals surface area contributed by atoms with Gasteiger partial charge in [0.1, 0.15) is 6.33 Å². The molecule has 152 valence electrons. The van der Waals surface area contributed by atoms with E-state index in [1.54, 1.807) is 12.4 Å². The van der Waals surface area contributed by atoms with Crippen LogP contribution in [0.3, 0.4) is 0 Å². The number of hydrogen-bond donors (Lipinski definition) is 0. The van der Waals surface area contributed by atoms with Crippen LogP contribution >= 0.6 is 0 Å². The van der Waals surface area contributed by atoms with Gasteiger partial charge in [-0.3, -0.25) is 0 Å². The monoisotopic (exact) mass is 392 g/mol. The first-order chi connectivity index (χ1) is 13.4. The van der Waals surface area contributed by atoms with E-state index in [1.807, 2.05) is 12.4 Å². The molecule has 0 atom stereocenters. The number of rotatable bonds is 7. The van der Waals surface area contributed by atoms with E-state index in [1.165, 1.54) is 12.1 Å². The molecule has 4 nitrogen and oxygen atoms in total. The molecule has 0 radical (unpaired) electrons. The molecule has 7 heteroatoms. The van der Waals surface area contributed by atoms with E-state index in [9.17, 15) is 13.2 Å². The van der Waals surface area contributed by atoms with Crippen LogP contribution in [0.1, 0.15) is 29.5 Å². The molecule has 1 aliphatic rings. The van der Waals surface area contributed by atoms with E-state index in [4.69, 9.17) is 0 Å². The summed E-state index contributed by atoms with van der Waals surface area (Å²) in [7, 11) is 2.12. The lowest BCUT2D eigenvalue weighted by atomic mass is 9.95. The zero-order valence-electron chi connectivity index (χ0n) is 16.2. The van der Waals surface area contributed by atoms with Crippen LogP contribution in [-0.4, -0.2) is 53.0 Å². The number of alkyl halides is 3. The Labute approximate surface area is 164 Å². The molecular weight excluding hydrogens is 365 g/mol. The van der Waals surface area contributed by atoms with Crippen molar-refractivity contribution in [2.75, 3.05) is 33.2 Å². The van der Waals surface area contributed by atoms with Crippen LogP contribution in [0.15, 0.2) is 43.0 Å². The van der Waals surface area contributed by atoms with Crippen molar-refractivity contribution in [3.8, 4) is 0 Å². The summed E-state index contributed by atoms with van der Waals surface area (Å²) in [4.78, 5) is 12.8. The summed E-state index contributed by atoms with van der Waals surface area (Å²) in [5, 5.41) is 0. The number of benzene rings is 1. The van der Waals surface area contributed by atoms with E-state index in [-0.39, 0.29) is 0 Å². The molecule has 1 fully saturated rings. The predicted molar refractivity (Wildman–Crippen MR) is 103 cm³/mol. The number of nitrogens with zero attached hydrogens (tertiary/aromatic N) is 4. The fraction of sp³-hybridized carbons (Fsp3) is 0.524. The normalized spacial score (nSPS) is 16.6. The average Bonchev–Trinajstić information content (AvgIpc) is 2.68. The summed E-state index contributed by atoms with van der Waals surface area (Å²) in [6.07, 6.45) is 3.86. The lowest BCUT2D eigenvalue weighted by Gasteiger charge is -2.34. The van der Waals surface area contributed by atoms with Gasteiger partial charge in [-0.05, 0) is 56.9 Å². The summed E-state index contributed by atoms with van der Waals surface area (Å²) < 4.78 is 38.5. The highest BCUT2D eigenvalue weighted by atomic mass is 19.4. The van der Waals surface area contributed by atoms with E-state index in [2.05, 4.69) is 26.8 Å². The third-order valence-corrected chi connectivity index (χ3v) is 5.31. The Bertz CT molecular complexity index is 728. The molecular formula is C21H27F3N4. The minimum absolute atomic E-state index is 0.560. The SMILES string of the molecule is CN(Cc1cncnc1)CC1CCN(CCc2cccc(C(F)(F)F)c2)CC1. The Kier molecular flexibility index (Phi) is 7.02. The summed E-state index contributed by atoms with van der Waals surface area (Å²) in [6.45, 7) is 4.70. The van der Waals surface area contributed by atoms with E-state index in [0.717, 1.165) is 62.8 Å².